The molecule has 14 heavy (non-hydrogen) atoms. The van der Waals surface area contributed by atoms with E-state index in [-0.39, 0.29) is 11.1 Å². The number of benzene rings is 1. The Balaban J connectivity index is 2.63. The quantitative estimate of drug-likeness (QED) is 0.597. The van der Waals surface area contributed by atoms with Gasteiger partial charge in [0.05, 0.1) is 5.56 Å². The predicted octanol–water partition coefficient (Wildman–Crippen LogP) is 2.26. The lowest BCUT2D eigenvalue weighted by Crippen LogP contribution is -2.31. The van der Waals surface area contributed by atoms with Gasteiger partial charge in [-0.3, -0.25) is 0 Å². The van der Waals surface area contributed by atoms with Crippen LogP contribution in [0.2, 0.25) is 0 Å². The van der Waals surface area contributed by atoms with E-state index in [1.807, 2.05) is 0 Å². The molecule has 2 rings (SSSR count). The van der Waals surface area contributed by atoms with E-state index in [4.69, 9.17) is 0 Å². The molecule has 0 N–H and O–H groups in total. The second-order valence-corrected chi connectivity index (χ2v) is 3.33. The number of hydrogen-bond acceptors (Lipinski definition) is 2. The van der Waals surface area contributed by atoms with Gasteiger partial charge in [0.1, 0.15) is 0 Å². The molecule has 0 fully saturated rings. The van der Waals surface area contributed by atoms with Gasteiger partial charge in [-0.15, -0.1) is 0 Å². The van der Waals surface area contributed by atoms with Crippen LogP contribution in [0.1, 0.15) is 21.5 Å². The second-order valence-electron chi connectivity index (χ2n) is 3.33. The summed E-state index contributed by atoms with van der Waals surface area (Å²) in [4.78, 5) is 11.2. The zero-order valence-electron chi connectivity index (χ0n) is 7.51. The van der Waals surface area contributed by atoms with Gasteiger partial charge in [-0.1, -0.05) is 17.7 Å². The molecule has 0 bridgehead atoms. The SMILES string of the molecule is Cc1ccc2c(c1)C(=O)OCC2(F)F. The first-order chi connectivity index (χ1) is 6.50. The number of aryl methyl sites for hydroxylation is 1. The van der Waals surface area contributed by atoms with Crippen molar-refractivity contribution in [3.05, 3.63) is 34.9 Å². The molecule has 1 aromatic rings. The Bertz CT molecular complexity index is 399. The summed E-state index contributed by atoms with van der Waals surface area (Å²) in [5.41, 5.74) is 0.499. The van der Waals surface area contributed by atoms with E-state index in [0.29, 0.717) is 0 Å². The molecule has 0 radical (unpaired) electrons. The average molecular weight is 198 g/mol. The normalized spacial score (nSPS) is 18.6. The Kier molecular flexibility index (Phi) is 1.80. The third-order valence-electron chi connectivity index (χ3n) is 2.17. The number of esters is 1. The first-order valence-electron chi connectivity index (χ1n) is 4.17. The van der Waals surface area contributed by atoms with Crippen LogP contribution in [-0.4, -0.2) is 12.6 Å². The molecular formula is C10H8F2O2. The van der Waals surface area contributed by atoms with Crippen molar-refractivity contribution in [3.63, 3.8) is 0 Å². The maximum Gasteiger partial charge on any atom is 0.338 e. The molecule has 1 heterocycles. The van der Waals surface area contributed by atoms with Gasteiger partial charge in [0.2, 0.25) is 0 Å². The molecule has 2 nitrogen and oxygen atoms in total. The van der Waals surface area contributed by atoms with Crippen LogP contribution in [0.4, 0.5) is 8.78 Å². The van der Waals surface area contributed by atoms with Gasteiger partial charge in [0.15, 0.2) is 6.61 Å². The number of alkyl halides is 2. The molecule has 0 unspecified atom stereocenters. The van der Waals surface area contributed by atoms with Gasteiger partial charge in [0, 0.05) is 5.56 Å². The zero-order valence-corrected chi connectivity index (χ0v) is 7.51. The van der Waals surface area contributed by atoms with Crippen LogP contribution < -0.4 is 0 Å². The molecule has 0 saturated carbocycles. The molecule has 1 aliphatic heterocycles. The van der Waals surface area contributed by atoms with E-state index >= 15 is 0 Å². The molecule has 0 spiro atoms. The van der Waals surface area contributed by atoms with E-state index < -0.39 is 18.5 Å². The Labute approximate surface area is 79.5 Å². The second kappa shape index (κ2) is 2.77. The van der Waals surface area contributed by atoms with Crippen LogP contribution in [-0.2, 0) is 10.7 Å². The number of halogens is 2. The van der Waals surface area contributed by atoms with Crippen LogP contribution in [0.5, 0.6) is 0 Å². The molecule has 74 valence electrons. The number of carbonyl (C=O) groups is 1. The van der Waals surface area contributed by atoms with Crippen LogP contribution in [0, 0.1) is 6.92 Å². The molecular weight excluding hydrogens is 190 g/mol. The number of ether oxygens (including phenoxy) is 1. The standard InChI is InChI=1S/C10H8F2O2/c1-6-2-3-8-7(4-6)9(13)14-5-10(8,11)12/h2-4H,5H2,1H3. The molecule has 0 amide bonds. The summed E-state index contributed by atoms with van der Waals surface area (Å²) >= 11 is 0. The summed E-state index contributed by atoms with van der Waals surface area (Å²) < 4.78 is 30.8. The summed E-state index contributed by atoms with van der Waals surface area (Å²) in [6, 6.07) is 4.27. The number of carbonyl (C=O) groups excluding carboxylic acids is 1. The Morgan fingerprint density at radius 2 is 2.14 bits per heavy atom. The van der Waals surface area contributed by atoms with Gasteiger partial charge in [-0.25, -0.2) is 4.79 Å². The fourth-order valence-corrected chi connectivity index (χ4v) is 1.46. The summed E-state index contributed by atoms with van der Waals surface area (Å²) in [5, 5.41) is 0. The van der Waals surface area contributed by atoms with E-state index in [9.17, 15) is 13.6 Å². The van der Waals surface area contributed by atoms with Gasteiger partial charge in [0.25, 0.3) is 0 Å². The maximum absolute atomic E-state index is 13.2. The third-order valence-corrected chi connectivity index (χ3v) is 2.17. The molecule has 0 aromatic heterocycles. The highest BCUT2D eigenvalue weighted by Crippen LogP contribution is 2.35. The van der Waals surface area contributed by atoms with Crippen LogP contribution in [0.25, 0.3) is 0 Å². The first kappa shape index (κ1) is 9.12. The lowest BCUT2D eigenvalue weighted by Gasteiger charge is -2.24. The summed E-state index contributed by atoms with van der Waals surface area (Å²) in [7, 11) is 0. The molecule has 0 atom stereocenters. The lowest BCUT2D eigenvalue weighted by atomic mass is 9.98. The van der Waals surface area contributed by atoms with Crippen molar-refractivity contribution in [3.8, 4) is 0 Å². The minimum Gasteiger partial charge on any atom is -0.455 e. The van der Waals surface area contributed by atoms with E-state index in [2.05, 4.69) is 4.74 Å². The van der Waals surface area contributed by atoms with Crippen LogP contribution >= 0.6 is 0 Å². The maximum atomic E-state index is 13.2. The lowest BCUT2D eigenvalue weighted by molar-refractivity contribution is -0.0759. The molecule has 0 saturated heterocycles. The van der Waals surface area contributed by atoms with Gasteiger partial charge in [-0.2, -0.15) is 8.78 Å². The molecule has 4 heteroatoms. The van der Waals surface area contributed by atoms with Crippen molar-refractivity contribution in [2.24, 2.45) is 0 Å². The van der Waals surface area contributed by atoms with Crippen LogP contribution in [0.15, 0.2) is 18.2 Å². The number of rotatable bonds is 0. The topological polar surface area (TPSA) is 26.3 Å². The minimum absolute atomic E-state index is 0.0266. The average Bonchev–Trinajstić information content (AvgIpc) is 2.12. The number of cyclic esters (lactones) is 1. The summed E-state index contributed by atoms with van der Waals surface area (Å²) in [6.45, 7) is 0.877. The summed E-state index contributed by atoms with van der Waals surface area (Å²) in [6.07, 6.45) is 0. The van der Waals surface area contributed by atoms with Gasteiger partial charge >= 0.3 is 11.9 Å². The summed E-state index contributed by atoms with van der Waals surface area (Å²) in [5.74, 6) is -3.73. The smallest absolute Gasteiger partial charge is 0.338 e. The van der Waals surface area contributed by atoms with Gasteiger partial charge in [-0.05, 0) is 13.0 Å². The van der Waals surface area contributed by atoms with Crippen molar-refractivity contribution < 1.29 is 18.3 Å². The van der Waals surface area contributed by atoms with Crippen molar-refractivity contribution in [2.45, 2.75) is 12.8 Å². The number of fused-ring (bicyclic) bond motifs is 1. The minimum atomic E-state index is -3.06. The van der Waals surface area contributed by atoms with Gasteiger partial charge < -0.3 is 4.74 Å². The Morgan fingerprint density at radius 1 is 1.43 bits per heavy atom. The van der Waals surface area contributed by atoms with Crippen molar-refractivity contribution >= 4 is 5.97 Å². The third kappa shape index (κ3) is 1.27. The van der Waals surface area contributed by atoms with E-state index in [1.165, 1.54) is 12.1 Å². The Morgan fingerprint density at radius 3 is 2.86 bits per heavy atom. The zero-order chi connectivity index (χ0) is 10.3. The number of hydrogen-bond donors (Lipinski definition) is 0. The fourth-order valence-electron chi connectivity index (χ4n) is 1.46. The highest BCUT2D eigenvalue weighted by molar-refractivity contribution is 5.92. The van der Waals surface area contributed by atoms with E-state index in [0.717, 1.165) is 5.56 Å². The van der Waals surface area contributed by atoms with Crippen molar-refractivity contribution in [1.29, 1.82) is 0 Å². The highest BCUT2D eigenvalue weighted by Gasteiger charge is 2.41. The first-order valence-corrected chi connectivity index (χ1v) is 4.17. The van der Waals surface area contributed by atoms with E-state index in [1.54, 1.807) is 13.0 Å². The molecule has 1 aliphatic rings. The fraction of sp³-hybridized carbons (Fsp3) is 0.300. The highest BCUT2D eigenvalue weighted by atomic mass is 19.3. The molecule has 0 aliphatic carbocycles. The monoisotopic (exact) mass is 198 g/mol. The van der Waals surface area contributed by atoms with Crippen molar-refractivity contribution in [2.75, 3.05) is 6.61 Å². The molecule has 1 aromatic carbocycles. The largest absolute Gasteiger partial charge is 0.455 e. The van der Waals surface area contributed by atoms with Crippen LogP contribution in [0.3, 0.4) is 0 Å². The predicted molar refractivity (Wildman–Crippen MR) is 45.4 cm³/mol. The Hall–Kier alpha value is -1.45. The van der Waals surface area contributed by atoms with Crippen molar-refractivity contribution in [1.82, 2.24) is 0 Å².